The van der Waals surface area contributed by atoms with E-state index in [0.717, 1.165) is 57.3 Å². The van der Waals surface area contributed by atoms with E-state index in [1.807, 2.05) is 0 Å². The number of benzene rings is 10. The molecule has 0 saturated carbocycles. The molecule has 0 spiro atoms. The maximum absolute atomic E-state index is 13.2. The molecule has 79 heavy (non-hydrogen) atoms. The smallest absolute Gasteiger partial charge is 0.330 e. The molecule has 390 valence electrons. The van der Waals surface area contributed by atoms with E-state index in [-0.39, 0.29) is 24.0 Å². The lowest BCUT2D eigenvalue weighted by molar-refractivity contribution is -0.139. The van der Waals surface area contributed by atoms with Gasteiger partial charge in [0.05, 0.1) is 12.0 Å². The van der Waals surface area contributed by atoms with Gasteiger partial charge in [-0.15, -0.1) is 0 Å². The van der Waals surface area contributed by atoms with E-state index in [0.29, 0.717) is 18.8 Å². The summed E-state index contributed by atoms with van der Waals surface area (Å²) in [4.78, 5) is 25.6. The number of hydrogen-bond donors (Lipinski definition) is 0. The number of esters is 2. The van der Waals surface area contributed by atoms with Crippen molar-refractivity contribution in [2.45, 2.75) is 90.4 Å². The van der Waals surface area contributed by atoms with Crippen molar-refractivity contribution in [3.63, 3.8) is 0 Å². The third-order valence-corrected chi connectivity index (χ3v) is 18.5. The number of rotatable bonds is 14. The second kappa shape index (κ2) is 18.7. The summed E-state index contributed by atoms with van der Waals surface area (Å²) in [5.41, 5.74) is 23.3. The standard InChI is InChI=1S/C75H66O4/c1-10-69(76)78-33-13-32-75(43-79-70(77)11-2)67-40-50(20-28-60(67)61-29-21-51(41-68(61)75)49-19-27-59-58-24-14-45(6)35-65(58)74(9,12-3)66(59)39-49)48-18-26-56-57-30-22-52(42-64(57)73(7,8)63(56)38-48)55-25-17-47-15-16-53-36-46(34-44(4)5)37-54-23-31-62(55)72(47)71(53)54/h10-11,14-31,35-42,44H,1-2,12-13,32-34,43H2,3-9H3. The molecule has 4 nitrogen and oxygen atoms in total. The van der Waals surface area contributed by atoms with E-state index in [4.69, 9.17) is 9.47 Å². The number of carbonyl (C=O) groups is 2. The minimum atomic E-state index is -0.775. The summed E-state index contributed by atoms with van der Waals surface area (Å²) in [6.07, 6.45) is 5.58. The SMILES string of the molecule is C=CC(=O)OCCCC1(COC(=O)C=C)c2cc(-c3ccc4c(c3)C(C)(C)c3cc(-c5ccc6ccc7cc(CC(C)C)cc8ccc5c6c78)ccc3-4)ccc2-c2ccc(-c3ccc4c(c3)C(C)(CC)c3cc(C)ccc3-4)cc21. The Morgan fingerprint density at radius 3 is 1.54 bits per heavy atom. The molecule has 0 aromatic heterocycles. The molecule has 10 aromatic carbocycles. The van der Waals surface area contributed by atoms with Crippen LogP contribution in [0.15, 0.2) is 183 Å². The molecule has 3 aliphatic rings. The van der Waals surface area contributed by atoms with Crippen molar-refractivity contribution in [2.24, 2.45) is 5.92 Å². The average molecular weight is 1030 g/mol. The Morgan fingerprint density at radius 2 is 0.962 bits per heavy atom. The molecule has 4 heteroatoms. The Kier molecular flexibility index (Phi) is 11.9. The van der Waals surface area contributed by atoms with Gasteiger partial charge in [-0.2, -0.15) is 0 Å². The van der Waals surface area contributed by atoms with Crippen molar-refractivity contribution in [3.05, 3.63) is 228 Å². The minimum absolute atomic E-state index is 0.0904. The van der Waals surface area contributed by atoms with Crippen LogP contribution in [0.25, 0.3) is 99.1 Å². The Morgan fingerprint density at radius 1 is 0.506 bits per heavy atom. The second-order valence-electron chi connectivity index (χ2n) is 23.9. The third kappa shape index (κ3) is 7.84. The molecule has 0 radical (unpaired) electrons. The number of hydrogen-bond acceptors (Lipinski definition) is 4. The van der Waals surface area contributed by atoms with Gasteiger partial charge >= 0.3 is 11.9 Å². The van der Waals surface area contributed by atoms with Crippen LogP contribution in [-0.2, 0) is 41.7 Å². The van der Waals surface area contributed by atoms with Crippen LogP contribution in [0.1, 0.15) is 105 Å². The van der Waals surface area contributed by atoms with Crippen molar-refractivity contribution >= 4 is 44.3 Å². The molecule has 10 aromatic rings. The van der Waals surface area contributed by atoms with Crippen LogP contribution in [0.3, 0.4) is 0 Å². The van der Waals surface area contributed by atoms with Crippen molar-refractivity contribution in [1.29, 1.82) is 0 Å². The predicted octanol–water partition coefficient (Wildman–Crippen LogP) is 18.6. The molecule has 0 saturated heterocycles. The lowest BCUT2D eigenvalue weighted by Gasteiger charge is -2.32. The van der Waals surface area contributed by atoms with Gasteiger partial charge in [0.15, 0.2) is 0 Å². The van der Waals surface area contributed by atoms with Gasteiger partial charge in [-0.1, -0.05) is 188 Å². The summed E-state index contributed by atoms with van der Waals surface area (Å²) in [6, 6.07) is 60.2. The van der Waals surface area contributed by atoms with Crippen LogP contribution < -0.4 is 0 Å². The normalized spacial score (nSPS) is 17.1. The highest BCUT2D eigenvalue weighted by atomic mass is 16.5. The molecule has 0 fully saturated rings. The second-order valence-corrected chi connectivity index (χ2v) is 23.9. The lowest BCUT2D eigenvalue weighted by Crippen LogP contribution is -2.33. The molecule has 0 amide bonds. The summed E-state index contributed by atoms with van der Waals surface area (Å²) in [5.74, 6) is -0.344. The first-order chi connectivity index (χ1) is 38.1. The molecule has 3 aliphatic carbocycles. The van der Waals surface area contributed by atoms with Gasteiger partial charge in [-0.05, 0) is 207 Å². The van der Waals surface area contributed by atoms with Crippen LogP contribution in [-0.4, -0.2) is 25.2 Å². The molecule has 2 atom stereocenters. The van der Waals surface area contributed by atoms with Gasteiger partial charge in [0.1, 0.15) is 6.61 Å². The van der Waals surface area contributed by atoms with Gasteiger partial charge < -0.3 is 9.47 Å². The van der Waals surface area contributed by atoms with E-state index in [2.05, 4.69) is 219 Å². The van der Waals surface area contributed by atoms with Crippen molar-refractivity contribution in [2.75, 3.05) is 13.2 Å². The van der Waals surface area contributed by atoms with Crippen LogP contribution in [0.2, 0.25) is 0 Å². The highest BCUT2D eigenvalue weighted by molar-refractivity contribution is 6.25. The predicted molar refractivity (Wildman–Crippen MR) is 327 cm³/mol. The largest absolute Gasteiger partial charge is 0.463 e. The van der Waals surface area contributed by atoms with Crippen LogP contribution in [0.4, 0.5) is 0 Å². The monoisotopic (exact) mass is 1030 g/mol. The van der Waals surface area contributed by atoms with Crippen LogP contribution in [0, 0.1) is 12.8 Å². The molecule has 2 unspecified atom stereocenters. The van der Waals surface area contributed by atoms with E-state index in [1.165, 1.54) is 111 Å². The zero-order valence-electron chi connectivity index (χ0n) is 46.5. The quantitative estimate of drug-likeness (QED) is 0.0471. The molecule has 0 N–H and O–H groups in total. The summed E-state index contributed by atoms with van der Waals surface area (Å²) in [6.45, 7) is 23.8. The first kappa shape index (κ1) is 50.2. The first-order valence-corrected chi connectivity index (χ1v) is 28.3. The molecule has 0 aliphatic heterocycles. The van der Waals surface area contributed by atoms with Gasteiger partial charge in [-0.3, -0.25) is 0 Å². The summed E-state index contributed by atoms with van der Waals surface area (Å²) in [7, 11) is 0. The summed E-state index contributed by atoms with van der Waals surface area (Å²) in [5, 5.41) is 7.88. The molecule has 13 rings (SSSR count). The van der Waals surface area contributed by atoms with Gasteiger partial charge in [-0.25, -0.2) is 9.59 Å². The number of aryl methyl sites for hydroxylation is 1. The van der Waals surface area contributed by atoms with Crippen LogP contribution >= 0.6 is 0 Å². The molecule has 0 heterocycles. The molecular formula is C75H66O4. The highest BCUT2D eigenvalue weighted by Crippen LogP contribution is 2.57. The third-order valence-electron chi connectivity index (χ3n) is 18.5. The number of carbonyl (C=O) groups excluding carboxylic acids is 2. The molecular weight excluding hydrogens is 965 g/mol. The van der Waals surface area contributed by atoms with E-state index >= 15 is 0 Å². The van der Waals surface area contributed by atoms with Gasteiger partial charge in [0.2, 0.25) is 0 Å². The lowest BCUT2D eigenvalue weighted by atomic mass is 9.74. The minimum Gasteiger partial charge on any atom is -0.463 e. The van der Waals surface area contributed by atoms with Crippen molar-refractivity contribution in [1.82, 2.24) is 0 Å². The Labute approximate surface area is 464 Å². The van der Waals surface area contributed by atoms with E-state index < -0.39 is 17.4 Å². The van der Waals surface area contributed by atoms with Gasteiger partial charge in [0, 0.05) is 23.0 Å². The van der Waals surface area contributed by atoms with Crippen LogP contribution in [0.5, 0.6) is 0 Å². The first-order valence-electron chi connectivity index (χ1n) is 28.3. The van der Waals surface area contributed by atoms with Crippen molar-refractivity contribution in [3.8, 4) is 66.8 Å². The maximum atomic E-state index is 13.2. The summed E-state index contributed by atoms with van der Waals surface area (Å²) < 4.78 is 11.8. The fraction of sp³-hybridized carbons (Fsp3) is 0.227. The Hall–Kier alpha value is -8.34. The highest BCUT2D eigenvalue weighted by Gasteiger charge is 2.45. The van der Waals surface area contributed by atoms with Crippen molar-refractivity contribution < 1.29 is 19.1 Å². The Balaban J connectivity index is 0.885. The van der Waals surface area contributed by atoms with E-state index in [9.17, 15) is 9.59 Å². The topological polar surface area (TPSA) is 52.6 Å². The fourth-order valence-electron chi connectivity index (χ4n) is 14.3. The molecule has 0 bridgehead atoms. The average Bonchev–Trinajstić information content (AvgIpc) is 4.04. The number of ether oxygens (including phenoxy) is 2. The maximum Gasteiger partial charge on any atom is 0.330 e. The Bertz CT molecular complexity index is 4200. The van der Waals surface area contributed by atoms with Gasteiger partial charge in [0.25, 0.3) is 0 Å². The number of fused-ring (bicyclic) bond motifs is 9. The fourth-order valence-corrected chi connectivity index (χ4v) is 14.3. The summed E-state index contributed by atoms with van der Waals surface area (Å²) >= 11 is 0. The zero-order valence-corrected chi connectivity index (χ0v) is 46.5. The zero-order chi connectivity index (χ0) is 54.7. The van der Waals surface area contributed by atoms with E-state index in [1.54, 1.807) is 0 Å².